The molecule has 0 radical (unpaired) electrons. The van der Waals surface area contributed by atoms with E-state index in [0.29, 0.717) is 33.7 Å². The van der Waals surface area contributed by atoms with Crippen LogP contribution >= 0.6 is 11.6 Å². The number of pyridine rings is 1. The summed E-state index contributed by atoms with van der Waals surface area (Å²) in [6.45, 7) is -2.88. The molecule has 0 saturated heterocycles. The maximum atomic E-state index is 15.3. The summed E-state index contributed by atoms with van der Waals surface area (Å²) in [5, 5.41) is 22.8. The molecule has 15 heteroatoms. The molecule has 0 fully saturated rings. The first-order chi connectivity index (χ1) is 19.9. The molecule has 0 aliphatic heterocycles. The average Bonchev–Trinajstić information content (AvgIpc) is 3.76. The Morgan fingerprint density at radius 2 is 1.71 bits per heavy atom. The van der Waals surface area contributed by atoms with Gasteiger partial charge in [0.25, 0.3) is 0 Å². The van der Waals surface area contributed by atoms with Crippen molar-refractivity contribution in [2.45, 2.75) is 19.0 Å². The van der Waals surface area contributed by atoms with Gasteiger partial charge in [-0.1, -0.05) is 29.8 Å². The number of hydrogen-bond donors (Lipinski definition) is 0. The van der Waals surface area contributed by atoms with Crippen molar-refractivity contribution >= 4 is 11.6 Å². The highest BCUT2D eigenvalue weighted by Crippen LogP contribution is 2.34. The van der Waals surface area contributed by atoms with Gasteiger partial charge in [-0.3, -0.25) is 9.67 Å². The molecule has 0 saturated carbocycles. The second kappa shape index (κ2) is 10.9. The van der Waals surface area contributed by atoms with Crippen LogP contribution < -0.4 is 0 Å². The maximum absolute atomic E-state index is 15.3. The average molecular weight is 581 g/mol. The SMILES string of the molecule is Fc1ccc(CC(c2ccc(-c3c(-n4cnnn4)ccc(Cl)c3F)cn2)n2cc(-c3cnn(C(F)F)n3)cn2)cc1. The topological polar surface area (TPSA) is 105 Å². The number of aromatic nitrogens is 10. The second-order valence-electron chi connectivity index (χ2n) is 8.86. The summed E-state index contributed by atoms with van der Waals surface area (Å²) in [6, 6.07) is 11.9. The van der Waals surface area contributed by atoms with E-state index in [9.17, 15) is 13.2 Å². The maximum Gasteiger partial charge on any atom is 0.348 e. The number of benzene rings is 2. The fourth-order valence-corrected chi connectivity index (χ4v) is 4.51. The van der Waals surface area contributed by atoms with Gasteiger partial charge in [0.15, 0.2) is 5.82 Å². The third-order valence-corrected chi connectivity index (χ3v) is 6.62. The molecule has 0 aliphatic carbocycles. The molecule has 0 amide bonds. The van der Waals surface area contributed by atoms with E-state index in [-0.39, 0.29) is 22.1 Å². The lowest BCUT2D eigenvalue weighted by Gasteiger charge is -2.18. The van der Waals surface area contributed by atoms with Crippen LogP contribution in [0.3, 0.4) is 0 Å². The van der Waals surface area contributed by atoms with E-state index >= 15 is 4.39 Å². The molecule has 4 heterocycles. The van der Waals surface area contributed by atoms with Crippen molar-refractivity contribution in [3.63, 3.8) is 0 Å². The predicted octanol–water partition coefficient (Wildman–Crippen LogP) is 5.34. The zero-order valence-electron chi connectivity index (χ0n) is 20.7. The summed E-state index contributed by atoms with van der Waals surface area (Å²) >= 11 is 6.08. The van der Waals surface area contributed by atoms with Gasteiger partial charge in [0.1, 0.15) is 17.8 Å². The minimum Gasteiger partial charge on any atom is -0.263 e. The van der Waals surface area contributed by atoms with Gasteiger partial charge in [0, 0.05) is 35.5 Å². The first kappa shape index (κ1) is 26.3. The van der Waals surface area contributed by atoms with Gasteiger partial charge in [-0.05, 0) is 46.3 Å². The van der Waals surface area contributed by atoms with Crippen molar-refractivity contribution in [3.05, 3.63) is 108 Å². The first-order valence-corrected chi connectivity index (χ1v) is 12.4. The van der Waals surface area contributed by atoms with Gasteiger partial charge in [-0.2, -0.15) is 23.7 Å². The number of halogens is 5. The smallest absolute Gasteiger partial charge is 0.263 e. The van der Waals surface area contributed by atoms with Crippen LogP contribution in [0.1, 0.15) is 23.8 Å². The lowest BCUT2D eigenvalue weighted by atomic mass is 10.0. The molecule has 6 aromatic rings. The lowest BCUT2D eigenvalue weighted by molar-refractivity contribution is 0.0415. The zero-order valence-corrected chi connectivity index (χ0v) is 21.5. The molecule has 206 valence electrons. The molecule has 6 rings (SSSR count). The number of hydrogen-bond acceptors (Lipinski definition) is 7. The molecule has 41 heavy (non-hydrogen) atoms. The highest BCUT2D eigenvalue weighted by atomic mass is 35.5. The van der Waals surface area contributed by atoms with Crippen LogP contribution in [-0.2, 0) is 6.42 Å². The molecule has 0 aliphatic rings. The Balaban J connectivity index is 1.38. The van der Waals surface area contributed by atoms with Crippen LogP contribution in [0.2, 0.25) is 5.02 Å². The number of tetrazole rings is 1. The number of rotatable bonds is 8. The highest BCUT2D eigenvalue weighted by molar-refractivity contribution is 6.31. The minimum atomic E-state index is -2.88. The molecule has 0 bridgehead atoms. The van der Waals surface area contributed by atoms with E-state index in [0.717, 1.165) is 5.56 Å². The molecule has 4 aromatic heterocycles. The fraction of sp³-hybridized carbons (Fsp3) is 0.115. The van der Waals surface area contributed by atoms with Gasteiger partial charge in [-0.25, -0.2) is 8.78 Å². The van der Waals surface area contributed by atoms with E-state index in [1.54, 1.807) is 41.2 Å². The van der Waals surface area contributed by atoms with Crippen LogP contribution in [0, 0.1) is 11.6 Å². The molecular weight excluding hydrogens is 564 g/mol. The van der Waals surface area contributed by atoms with Crippen LogP contribution in [0.4, 0.5) is 17.6 Å². The van der Waals surface area contributed by atoms with Crippen LogP contribution in [0.15, 0.2) is 79.6 Å². The summed E-state index contributed by atoms with van der Waals surface area (Å²) in [7, 11) is 0. The fourth-order valence-electron chi connectivity index (χ4n) is 4.35. The Morgan fingerprint density at radius 1 is 0.878 bits per heavy atom. The molecule has 1 unspecified atom stereocenters. The van der Waals surface area contributed by atoms with E-state index < -0.39 is 18.4 Å². The quantitative estimate of drug-likeness (QED) is 0.224. The van der Waals surface area contributed by atoms with Crippen molar-refractivity contribution in [3.8, 4) is 28.1 Å². The van der Waals surface area contributed by atoms with Crippen molar-refractivity contribution in [2.24, 2.45) is 0 Å². The van der Waals surface area contributed by atoms with Crippen molar-refractivity contribution in [1.82, 2.24) is 50.0 Å². The first-order valence-electron chi connectivity index (χ1n) is 12.0. The van der Waals surface area contributed by atoms with E-state index in [1.807, 2.05) is 0 Å². The zero-order chi connectivity index (χ0) is 28.5. The summed E-state index contributed by atoms with van der Waals surface area (Å²) in [4.78, 5) is 4.92. The Bertz CT molecular complexity index is 1780. The van der Waals surface area contributed by atoms with E-state index in [2.05, 4.69) is 35.8 Å². The van der Waals surface area contributed by atoms with Crippen molar-refractivity contribution in [2.75, 3.05) is 0 Å². The lowest BCUT2D eigenvalue weighted by Crippen LogP contribution is -2.15. The third kappa shape index (κ3) is 5.28. The second-order valence-corrected chi connectivity index (χ2v) is 9.27. The highest BCUT2D eigenvalue weighted by Gasteiger charge is 2.22. The van der Waals surface area contributed by atoms with Crippen LogP contribution in [0.25, 0.3) is 28.1 Å². The Hall–Kier alpha value is -4.98. The van der Waals surface area contributed by atoms with Crippen molar-refractivity contribution in [1.29, 1.82) is 0 Å². The number of alkyl halides is 2. The summed E-state index contributed by atoms with van der Waals surface area (Å²) < 4.78 is 57.7. The normalized spacial score (nSPS) is 12.2. The third-order valence-electron chi connectivity index (χ3n) is 6.33. The van der Waals surface area contributed by atoms with Gasteiger partial charge in [-0.15, -0.1) is 15.0 Å². The van der Waals surface area contributed by atoms with Gasteiger partial charge >= 0.3 is 6.55 Å². The van der Waals surface area contributed by atoms with Gasteiger partial charge in [0.2, 0.25) is 0 Å². The molecule has 0 spiro atoms. The van der Waals surface area contributed by atoms with Crippen LogP contribution in [0.5, 0.6) is 0 Å². The molecule has 0 N–H and O–H groups in total. The van der Waals surface area contributed by atoms with Crippen molar-refractivity contribution < 1.29 is 17.6 Å². The van der Waals surface area contributed by atoms with Gasteiger partial charge in [0.05, 0.1) is 34.8 Å². The minimum absolute atomic E-state index is 0.0806. The standard InChI is InChI=1S/C26H17ClF4N10/c27-19-6-8-22(40-14-33-37-38-40)24(25(19)29)16-3-7-20(32-10-16)23(9-15-1-4-18(28)5-2-15)39-13-17(11-34-39)21-12-35-41(36-21)26(30)31/h1-8,10-14,23,26H,9H2. The molecule has 2 aromatic carbocycles. The number of nitrogens with zero attached hydrogens (tertiary/aromatic N) is 10. The Morgan fingerprint density at radius 3 is 2.39 bits per heavy atom. The summed E-state index contributed by atoms with van der Waals surface area (Å²) in [6.07, 6.45) is 7.52. The van der Waals surface area contributed by atoms with Gasteiger partial charge < -0.3 is 0 Å². The van der Waals surface area contributed by atoms with E-state index in [1.165, 1.54) is 47.8 Å². The molecular formula is C26H17ClF4N10. The summed E-state index contributed by atoms with van der Waals surface area (Å²) in [5.74, 6) is -1.04. The molecule has 10 nitrogen and oxygen atoms in total. The monoisotopic (exact) mass is 580 g/mol. The van der Waals surface area contributed by atoms with Crippen LogP contribution in [-0.4, -0.2) is 50.0 Å². The van der Waals surface area contributed by atoms with E-state index in [4.69, 9.17) is 11.6 Å². The largest absolute Gasteiger partial charge is 0.348 e. The Labute approximate surface area is 233 Å². The summed E-state index contributed by atoms with van der Waals surface area (Å²) in [5.41, 5.74) is 2.96. The Kier molecular flexibility index (Phi) is 6.97. The predicted molar refractivity (Wildman–Crippen MR) is 138 cm³/mol. The molecule has 1 atom stereocenters.